The lowest BCUT2D eigenvalue weighted by atomic mass is 9.76. The number of carboxylic acids is 1. The van der Waals surface area contributed by atoms with Crippen LogP contribution in [0, 0.1) is 11.8 Å². The molecule has 120 valence electrons. The Kier molecular flexibility index (Phi) is 5.62. The van der Waals surface area contributed by atoms with E-state index in [-0.39, 0.29) is 17.9 Å². The van der Waals surface area contributed by atoms with Crippen LogP contribution in [0.25, 0.3) is 0 Å². The van der Waals surface area contributed by atoms with Crippen LogP contribution >= 0.6 is 0 Å². The Hall–Kier alpha value is -1.10. The van der Waals surface area contributed by atoms with Crippen molar-refractivity contribution < 1.29 is 14.7 Å². The number of hydrogen-bond donors (Lipinski definition) is 2. The number of rotatable bonds is 5. The number of amides is 1. The summed E-state index contributed by atoms with van der Waals surface area (Å²) in [5, 5.41) is 9.48. The van der Waals surface area contributed by atoms with Crippen LogP contribution in [0.4, 0.5) is 0 Å². The number of nitrogens with zero attached hydrogens (tertiary/aromatic N) is 1. The van der Waals surface area contributed by atoms with Crippen molar-refractivity contribution in [2.75, 3.05) is 6.54 Å². The molecular formula is C16H28N2O3. The Morgan fingerprint density at radius 1 is 1.24 bits per heavy atom. The molecule has 3 N–H and O–H groups in total. The van der Waals surface area contributed by atoms with E-state index in [1.54, 1.807) is 4.90 Å². The minimum atomic E-state index is -0.854. The minimum Gasteiger partial charge on any atom is -0.480 e. The highest BCUT2D eigenvalue weighted by atomic mass is 16.4. The lowest BCUT2D eigenvalue weighted by molar-refractivity contribution is -0.158. The smallest absolute Gasteiger partial charge is 0.326 e. The SMILES string of the molecule is CCC(CN)CC(=O)N1C(C(=O)O)CCC2CCCCC21. The average molecular weight is 296 g/mol. The Balaban J connectivity index is 2.15. The van der Waals surface area contributed by atoms with E-state index in [0.29, 0.717) is 25.3 Å². The first-order chi connectivity index (χ1) is 10.1. The fourth-order valence-electron chi connectivity index (χ4n) is 3.98. The summed E-state index contributed by atoms with van der Waals surface area (Å²) in [6.07, 6.45) is 7.20. The number of carbonyl (C=O) groups is 2. The first kappa shape index (κ1) is 16.3. The van der Waals surface area contributed by atoms with Gasteiger partial charge in [-0.15, -0.1) is 0 Å². The van der Waals surface area contributed by atoms with Gasteiger partial charge in [-0.3, -0.25) is 4.79 Å². The molecule has 4 unspecified atom stereocenters. The maximum Gasteiger partial charge on any atom is 0.326 e. The van der Waals surface area contributed by atoms with Crippen LogP contribution in [0.15, 0.2) is 0 Å². The lowest BCUT2D eigenvalue weighted by Gasteiger charge is -2.47. The van der Waals surface area contributed by atoms with Gasteiger partial charge in [-0.05, 0) is 44.1 Å². The third-order valence-corrected chi connectivity index (χ3v) is 5.32. The van der Waals surface area contributed by atoms with E-state index in [0.717, 1.165) is 32.1 Å². The normalized spacial score (nSPS) is 30.6. The zero-order valence-corrected chi connectivity index (χ0v) is 13.0. The highest BCUT2D eigenvalue weighted by Crippen LogP contribution is 2.38. The second-order valence-corrected chi connectivity index (χ2v) is 6.56. The van der Waals surface area contributed by atoms with Crippen molar-refractivity contribution in [1.82, 2.24) is 4.90 Å². The predicted octanol–water partition coefficient (Wildman–Crippen LogP) is 2.00. The maximum atomic E-state index is 12.7. The Morgan fingerprint density at radius 2 is 1.95 bits per heavy atom. The third-order valence-electron chi connectivity index (χ3n) is 5.32. The Morgan fingerprint density at radius 3 is 2.57 bits per heavy atom. The number of carboxylic acid groups (broad SMARTS) is 1. The Labute approximate surface area is 126 Å². The highest BCUT2D eigenvalue weighted by molar-refractivity contribution is 5.84. The summed E-state index contributed by atoms with van der Waals surface area (Å²) in [6, 6.07) is -0.497. The van der Waals surface area contributed by atoms with Crippen LogP contribution < -0.4 is 5.73 Å². The quantitative estimate of drug-likeness (QED) is 0.812. The fraction of sp³-hybridized carbons (Fsp3) is 0.875. The molecule has 2 fully saturated rings. The molecule has 21 heavy (non-hydrogen) atoms. The number of carbonyl (C=O) groups excluding carboxylic acids is 1. The van der Waals surface area contributed by atoms with Gasteiger partial charge < -0.3 is 15.7 Å². The van der Waals surface area contributed by atoms with Gasteiger partial charge in [0.1, 0.15) is 6.04 Å². The van der Waals surface area contributed by atoms with Gasteiger partial charge in [0.15, 0.2) is 0 Å². The Bertz CT molecular complexity index is 382. The predicted molar refractivity (Wildman–Crippen MR) is 80.7 cm³/mol. The second kappa shape index (κ2) is 7.25. The monoisotopic (exact) mass is 296 g/mol. The molecule has 1 saturated carbocycles. The molecule has 0 aromatic carbocycles. The standard InChI is InChI=1S/C16H28N2O3/c1-2-11(10-17)9-15(19)18-13-6-4-3-5-12(13)7-8-14(18)16(20)21/h11-14H,2-10,17H2,1H3,(H,20,21). The highest BCUT2D eigenvalue weighted by Gasteiger charge is 2.43. The van der Waals surface area contributed by atoms with Crippen molar-refractivity contribution in [3.63, 3.8) is 0 Å². The average Bonchev–Trinajstić information content (AvgIpc) is 2.50. The molecule has 2 aliphatic rings. The molecule has 5 heteroatoms. The minimum absolute atomic E-state index is 0.00343. The molecule has 4 atom stereocenters. The van der Waals surface area contributed by atoms with Gasteiger partial charge in [0.25, 0.3) is 0 Å². The summed E-state index contributed by atoms with van der Waals surface area (Å²) < 4.78 is 0. The molecule has 0 radical (unpaired) electrons. The zero-order chi connectivity index (χ0) is 15.4. The summed E-state index contributed by atoms with van der Waals surface area (Å²) in [4.78, 5) is 26.0. The first-order valence-electron chi connectivity index (χ1n) is 8.32. The molecule has 2 rings (SSSR count). The van der Waals surface area contributed by atoms with E-state index in [1.807, 2.05) is 6.92 Å². The molecule has 1 aliphatic carbocycles. The van der Waals surface area contributed by atoms with Gasteiger partial charge in [-0.2, -0.15) is 0 Å². The summed E-state index contributed by atoms with van der Waals surface area (Å²) in [5.41, 5.74) is 5.70. The van der Waals surface area contributed by atoms with Crippen molar-refractivity contribution in [3.8, 4) is 0 Å². The fourth-order valence-corrected chi connectivity index (χ4v) is 3.98. The number of fused-ring (bicyclic) bond motifs is 1. The van der Waals surface area contributed by atoms with Crippen LogP contribution in [-0.4, -0.2) is 40.5 Å². The molecular weight excluding hydrogens is 268 g/mol. The third kappa shape index (κ3) is 3.57. The van der Waals surface area contributed by atoms with Crippen LogP contribution in [0.3, 0.4) is 0 Å². The molecule has 0 aromatic heterocycles. The number of aliphatic carboxylic acids is 1. The molecule has 1 aliphatic heterocycles. The van der Waals surface area contributed by atoms with Crippen molar-refractivity contribution >= 4 is 11.9 Å². The second-order valence-electron chi connectivity index (χ2n) is 6.56. The van der Waals surface area contributed by atoms with Crippen LogP contribution in [0.1, 0.15) is 58.3 Å². The van der Waals surface area contributed by atoms with Crippen molar-refractivity contribution in [2.45, 2.75) is 70.4 Å². The first-order valence-corrected chi connectivity index (χ1v) is 8.32. The topological polar surface area (TPSA) is 83.6 Å². The van der Waals surface area contributed by atoms with Crippen molar-refractivity contribution in [1.29, 1.82) is 0 Å². The summed E-state index contributed by atoms with van der Waals surface area (Å²) in [6.45, 7) is 2.51. The summed E-state index contributed by atoms with van der Waals surface area (Å²) in [5.74, 6) is -0.198. The van der Waals surface area contributed by atoms with Gasteiger partial charge in [-0.25, -0.2) is 4.79 Å². The van der Waals surface area contributed by atoms with Crippen LogP contribution in [0.2, 0.25) is 0 Å². The van der Waals surface area contributed by atoms with E-state index in [1.165, 1.54) is 6.42 Å². The molecule has 0 spiro atoms. The largest absolute Gasteiger partial charge is 0.480 e. The zero-order valence-electron chi connectivity index (χ0n) is 13.0. The van der Waals surface area contributed by atoms with Crippen LogP contribution in [0.5, 0.6) is 0 Å². The van der Waals surface area contributed by atoms with Gasteiger partial charge in [0.2, 0.25) is 5.91 Å². The number of hydrogen-bond acceptors (Lipinski definition) is 3. The summed E-state index contributed by atoms with van der Waals surface area (Å²) >= 11 is 0. The molecule has 0 aromatic rings. The number of nitrogens with two attached hydrogens (primary N) is 1. The summed E-state index contributed by atoms with van der Waals surface area (Å²) in [7, 11) is 0. The van der Waals surface area contributed by atoms with Gasteiger partial charge in [0.05, 0.1) is 0 Å². The van der Waals surface area contributed by atoms with Gasteiger partial charge >= 0.3 is 5.97 Å². The van der Waals surface area contributed by atoms with E-state index >= 15 is 0 Å². The van der Waals surface area contributed by atoms with E-state index < -0.39 is 12.0 Å². The molecule has 1 amide bonds. The van der Waals surface area contributed by atoms with Crippen molar-refractivity contribution in [2.24, 2.45) is 17.6 Å². The number of piperidine rings is 1. The van der Waals surface area contributed by atoms with Crippen molar-refractivity contribution in [3.05, 3.63) is 0 Å². The van der Waals surface area contributed by atoms with E-state index in [4.69, 9.17) is 5.73 Å². The number of likely N-dealkylation sites (tertiary alicyclic amines) is 1. The molecule has 1 heterocycles. The van der Waals surface area contributed by atoms with Gasteiger partial charge in [0, 0.05) is 12.5 Å². The van der Waals surface area contributed by atoms with Crippen LogP contribution in [-0.2, 0) is 9.59 Å². The van der Waals surface area contributed by atoms with E-state index in [2.05, 4.69) is 0 Å². The molecule has 1 saturated heterocycles. The lowest BCUT2D eigenvalue weighted by Crippen LogP contribution is -2.57. The van der Waals surface area contributed by atoms with E-state index in [9.17, 15) is 14.7 Å². The molecule has 5 nitrogen and oxygen atoms in total. The maximum absolute atomic E-state index is 12.7. The molecule has 0 bridgehead atoms. The van der Waals surface area contributed by atoms with Gasteiger partial charge in [-0.1, -0.05) is 26.2 Å².